The predicted octanol–water partition coefficient (Wildman–Crippen LogP) is 1.57. The summed E-state index contributed by atoms with van der Waals surface area (Å²) in [4.78, 5) is 29.2. The molecule has 1 atom stereocenters. The Bertz CT molecular complexity index is 1180. The lowest BCUT2D eigenvalue weighted by atomic mass is 10.2. The van der Waals surface area contributed by atoms with Crippen LogP contribution in [-0.4, -0.2) is 86.5 Å². The van der Waals surface area contributed by atoms with Crippen LogP contribution in [0.15, 0.2) is 53.7 Å². The minimum absolute atomic E-state index is 0.0123. The largest absolute Gasteiger partial charge is 0.485 e. The van der Waals surface area contributed by atoms with Gasteiger partial charge in [0.2, 0.25) is 17.2 Å². The third-order valence-corrected chi connectivity index (χ3v) is 6.68. The maximum atomic E-state index is 12.9. The fourth-order valence-electron chi connectivity index (χ4n) is 3.86. The lowest BCUT2D eigenvalue weighted by Gasteiger charge is -2.37. The van der Waals surface area contributed by atoms with Crippen molar-refractivity contribution in [3.8, 4) is 17.2 Å². The van der Waals surface area contributed by atoms with Gasteiger partial charge in [-0.1, -0.05) is 41.6 Å². The van der Waals surface area contributed by atoms with Gasteiger partial charge in [0.15, 0.2) is 11.5 Å². The van der Waals surface area contributed by atoms with Gasteiger partial charge in [-0.2, -0.15) is 4.68 Å². The molecule has 10 nitrogen and oxygen atoms in total. The number of amides is 2. The quantitative estimate of drug-likeness (QED) is 0.507. The van der Waals surface area contributed by atoms with E-state index in [1.807, 2.05) is 49.4 Å². The molecule has 0 N–H and O–H groups in total. The van der Waals surface area contributed by atoms with Crippen molar-refractivity contribution in [3.63, 3.8) is 0 Å². The number of carbonyl (C=O) groups is 2. The molecule has 3 heterocycles. The van der Waals surface area contributed by atoms with Gasteiger partial charge in [0.25, 0.3) is 5.91 Å². The third-order valence-electron chi connectivity index (χ3n) is 5.77. The van der Waals surface area contributed by atoms with Crippen LogP contribution in [0, 0.1) is 6.92 Å². The molecule has 0 spiro atoms. The summed E-state index contributed by atoms with van der Waals surface area (Å²) < 4.78 is 13.1. The van der Waals surface area contributed by atoms with Gasteiger partial charge in [-0.25, -0.2) is 0 Å². The first-order chi connectivity index (χ1) is 16.6. The topological polar surface area (TPSA) is 103 Å². The minimum Gasteiger partial charge on any atom is -0.485 e. The molecule has 2 amide bonds. The van der Waals surface area contributed by atoms with Gasteiger partial charge in [-0.05, 0) is 41.6 Å². The molecule has 1 saturated heterocycles. The van der Waals surface area contributed by atoms with E-state index in [-0.39, 0.29) is 24.2 Å². The normalized spacial score (nSPS) is 17.5. The molecule has 0 aliphatic carbocycles. The number of thioether (sulfide) groups is 1. The van der Waals surface area contributed by atoms with Crippen LogP contribution in [0.2, 0.25) is 0 Å². The molecule has 1 fully saturated rings. The summed E-state index contributed by atoms with van der Waals surface area (Å²) >= 11 is 1.30. The number of hydrogen-bond acceptors (Lipinski definition) is 8. The molecule has 2 aromatic carbocycles. The van der Waals surface area contributed by atoms with Crippen LogP contribution in [0.5, 0.6) is 11.5 Å². The van der Waals surface area contributed by atoms with Crippen molar-refractivity contribution in [2.24, 2.45) is 0 Å². The van der Waals surface area contributed by atoms with Crippen molar-refractivity contribution < 1.29 is 19.1 Å². The fraction of sp³-hybridized carbons (Fsp3) is 0.348. The second-order valence-electron chi connectivity index (χ2n) is 8.07. The maximum Gasteiger partial charge on any atom is 0.267 e. The highest BCUT2D eigenvalue weighted by Crippen LogP contribution is 2.31. The smallest absolute Gasteiger partial charge is 0.267 e. The Labute approximate surface area is 200 Å². The Kier molecular flexibility index (Phi) is 6.35. The first-order valence-corrected chi connectivity index (χ1v) is 12.0. The standard InChI is InChI=1S/C23H24N6O4S/c1-16-6-8-17(9-7-16)29-23(24-25-26-29)34-15-21(30)27-10-12-28(13-11-27)22(31)20-14-32-18-4-2-3-5-19(18)33-20/h2-9,20H,10-15H2,1H3. The fourth-order valence-corrected chi connectivity index (χ4v) is 4.65. The van der Waals surface area contributed by atoms with Gasteiger partial charge in [0, 0.05) is 26.2 Å². The molecule has 11 heteroatoms. The second-order valence-corrected chi connectivity index (χ2v) is 9.01. The molecule has 2 aliphatic rings. The number of aromatic nitrogens is 4. The molecular formula is C23H24N6O4S. The number of rotatable bonds is 5. The summed E-state index contributed by atoms with van der Waals surface area (Å²) in [5.74, 6) is 1.31. The van der Waals surface area contributed by atoms with Crippen molar-refractivity contribution in [1.82, 2.24) is 30.0 Å². The van der Waals surface area contributed by atoms with Gasteiger partial charge in [-0.15, -0.1) is 5.10 Å². The molecule has 0 radical (unpaired) electrons. The first kappa shape index (κ1) is 22.2. The second kappa shape index (κ2) is 9.72. The Morgan fingerprint density at radius 1 is 1.00 bits per heavy atom. The summed E-state index contributed by atoms with van der Waals surface area (Å²) in [7, 11) is 0. The molecular weight excluding hydrogens is 456 g/mol. The number of tetrazole rings is 1. The number of piperazine rings is 1. The third kappa shape index (κ3) is 4.69. The average molecular weight is 481 g/mol. The molecule has 5 rings (SSSR count). The SMILES string of the molecule is Cc1ccc(-n2nnnc2SCC(=O)N2CCN(C(=O)C3COc4ccccc4O3)CC2)cc1. The van der Waals surface area contributed by atoms with Crippen molar-refractivity contribution in [1.29, 1.82) is 0 Å². The van der Waals surface area contributed by atoms with Gasteiger partial charge in [0.1, 0.15) is 6.61 Å². The van der Waals surface area contributed by atoms with Gasteiger partial charge in [0.05, 0.1) is 11.4 Å². The van der Waals surface area contributed by atoms with Crippen molar-refractivity contribution in [2.75, 3.05) is 38.5 Å². The molecule has 0 bridgehead atoms. The highest BCUT2D eigenvalue weighted by Gasteiger charge is 2.33. The number of benzene rings is 2. The minimum atomic E-state index is -0.673. The van der Waals surface area contributed by atoms with Crippen molar-refractivity contribution in [3.05, 3.63) is 54.1 Å². The van der Waals surface area contributed by atoms with Crippen LogP contribution in [-0.2, 0) is 9.59 Å². The van der Waals surface area contributed by atoms with Crippen molar-refractivity contribution in [2.45, 2.75) is 18.2 Å². The summed E-state index contributed by atoms with van der Waals surface area (Å²) in [5, 5.41) is 12.4. The zero-order valence-electron chi connectivity index (χ0n) is 18.7. The summed E-state index contributed by atoms with van der Waals surface area (Å²) in [6.07, 6.45) is -0.673. The van der Waals surface area contributed by atoms with Gasteiger partial charge >= 0.3 is 0 Å². The number of nitrogens with zero attached hydrogens (tertiary/aromatic N) is 6. The number of aryl methyl sites for hydroxylation is 1. The average Bonchev–Trinajstić information content (AvgIpc) is 3.36. The van der Waals surface area contributed by atoms with E-state index in [1.165, 1.54) is 11.8 Å². The molecule has 1 aromatic heterocycles. The van der Waals surface area contributed by atoms with Crippen LogP contribution in [0.3, 0.4) is 0 Å². The Morgan fingerprint density at radius 3 is 2.47 bits per heavy atom. The highest BCUT2D eigenvalue weighted by molar-refractivity contribution is 7.99. The number of hydrogen-bond donors (Lipinski definition) is 0. The number of fused-ring (bicyclic) bond motifs is 1. The summed E-state index contributed by atoms with van der Waals surface area (Å²) in [6, 6.07) is 15.2. The van der Waals surface area contributed by atoms with Gasteiger partial charge < -0.3 is 19.3 Å². The molecule has 2 aliphatic heterocycles. The van der Waals surface area contributed by atoms with E-state index in [1.54, 1.807) is 20.5 Å². The van der Waals surface area contributed by atoms with Crippen LogP contribution in [0.25, 0.3) is 5.69 Å². The van der Waals surface area contributed by atoms with E-state index in [2.05, 4.69) is 15.5 Å². The van der Waals surface area contributed by atoms with E-state index in [9.17, 15) is 9.59 Å². The zero-order chi connectivity index (χ0) is 23.5. The van der Waals surface area contributed by atoms with Crippen LogP contribution in [0.4, 0.5) is 0 Å². The van der Waals surface area contributed by atoms with Crippen LogP contribution < -0.4 is 9.47 Å². The number of ether oxygens (including phenoxy) is 2. The lowest BCUT2D eigenvalue weighted by molar-refractivity contribution is -0.145. The maximum absolute atomic E-state index is 12.9. The van der Waals surface area contributed by atoms with E-state index in [0.29, 0.717) is 42.8 Å². The van der Waals surface area contributed by atoms with E-state index in [4.69, 9.17) is 9.47 Å². The first-order valence-electron chi connectivity index (χ1n) is 11.0. The molecule has 176 valence electrons. The monoisotopic (exact) mass is 480 g/mol. The zero-order valence-corrected chi connectivity index (χ0v) is 19.5. The Hall–Kier alpha value is -3.60. The molecule has 0 saturated carbocycles. The molecule has 1 unspecified atom stereocenters. The lowest BCUT2D eigenvalue weighted by Crippen LogP contribution is -2.55. The summed E-state index contributed by atoms with van der Waals surface area (Å²) in [6.45, 7) is 4.05. The van der Waals surface area contributed by atoms with E-state index in [0.717, 1.165) is 11.3 Å². The predicted molar refractivity (Wildman–Crippen MR) is 124 cm³/mol. The number of carbonyl (C=O) groups excluding carboxylic acids is 2. The summed E-state index contributed by atoms with van der Waals surface area (Å²) in [5.41, 5.74) is 1.99. The van der Waals surface area contributed by atoms with Gasteiger partial charge in [-0.3, -0.25) is 9.59 Å². The van der Waals surface area contributed by atoms with E-state index < -0.39 is 6.10 Å². The molecule has 34 heavy (non-hydrogen) atoms. The number of para-hydroxylation sites is 2. The molecule has 3 aromatic rings. The van der Waals surface area contributed by atoms with Crippen LogP contribution >= 0.6 is 11.8 Å². The highest BCUT2D eigenvalue weighted by atomic mass is 32.2. The van der Waals surface area contributed by atoms with E-state index >= 15 is 0 Å². The van der Waals surface area contributed by atoms with Crippen molar-refractivity contribution >= 4 is 23.6 Å². The Balaban J connectivity index is 1.12. The van der Waals surface area contributed by atoms with Crippen LogP contribution in [0.1, 0.15) is 5.56 Å². The Morgan fingerprint density at radius 2 is 1.71 bits per heavy atom.